The predicted octanol–water partition coefficient (Wildman–Crippen LogP) is 3.56. The number of anilines is 1. The highest BCUT2D eigenvalue weighted by molar-refractivity contribution is 6.00. The first kappa shape index (κ1) is 20.2. The molecule has 0 aromatic heterocycles. The molecule has 2 amide bonds. The topological polar surface area (TPSA) is 59.1 Å². The van der Waals surface area contributed by atoms with E-state index < -0.39 is 11.7 Å². The van der Waals surface area contributed by atoms with Crippen molar-refractivity contribution in [3.05, 3.63) is 53.8 Å². The van der Waals surface area contributed by atoms with Gasteiger partial charge in [0.1, 0.15) is 17.3 Å². The van der Waals surface area contributed by atoms with Crippen LogP contribution in [0.15, 0.2) is 42.5 Å². The molecule has 2 saturated heterocycles. The lowest BCUT2D eigenvalue weighted by Crippen LogP contribution is -2.37. The van der Waals surface area contributed by atoms with Crippen molar-refractivity contribution >= 4 is 17.5 Å². The number of hydrogen-bond acceptors (Lipinski definition) is 4. The molecule has 0 N–H and O–H groups in total. The molecule has 2 fully saturated rings. The van der Waals surface area contributed by atoms with Gasteiger partial charge < -0.3 is 19.3 Å². The number of ether oxygens (including phenoxy) is 2. The van der Waals surface area contributed by atoms with E-state index in [4.69, 9.17) is 9.47 Å². The number of benzene rings is 2. The minimum absolute atomic E-state index is 0.0671. The molecule has 2 aromatic carbocycles. The molecule has 30 heavy (non-hydrogen) atoms. The van der Waals surface area contributed by atoms with Gasteiger partial charge >= 0.3 is 0 Å². The lowest BCUT2D eigenvalue weighted by Gasteiger charge is -2.28. The molecule has 0 saturated carbocycles. The number of rotatable bonds is 5. The maximum Gasteiger partial charge on any atom is 0.228 e. The molecule has 0 radical (unpaired) electrons. The maximum atomic E-state index is 14.2. The van der Waals surface area contributed by atoms with E-state index in [1.54, 1.807) is 32.4 Å². The van der Waals surface area contributed by atoms with Crippen LogP contribution >= 0.6 is 0 Å². The number of likely N-dealkylation sites (tertiary alicyclic amines) is 1. The molecule has 2 aliphatic heterocycles. The Hall–Kier alpha value is -3.09. The highest BCUT2D eigenvalue weighted by Gasteiger charge is 2.41. The zero-order chi connectivity index (χ0) is 21.3. The molecule has 6 nitrogen and oxygen atoms in total. The molecule has 2 unspecified atom stereocenters. The highest BCUT2D eigenvalue weighted by Crippen LogP contribution is 2.40. The van der Waals surface area contributed by atoms with E-state index in [2.05, 4.69) is 0 Å². The van der Waals surface area contributed by atoms with Crippen molar-refractivity contribution in [2.45, 2.75) is 25.3 Å². The van der Waals surface area contributed by atoms with Gasteiger partial charge in [-0.3, -0.25) is 9.59 Å². The Kier molecular flexibility index (Phi) is 5.61. The minimum atomic E-state index is -0.484. The Balaban J connectivity index is 1.55. The smallest absolute Gasteiger partial charge is 0.228 e. The minimum Gasteiger partial charge on any atom is -0.497 e. The van der Waals surface area contributed by atoms with Crippen LogP contribution < -0.4 is 14.4 Å². The van der Waals surface area contributed by atoms with E-state index in [9.17, 15) is 14.0 Å². The molecule has 4 rings (SSSR count). The first-order valence-corrected chi connectivity index (χ1v) is 10.1. The van der Waals surface area contributed by atoms with Crippen molar-refractivity contribution in [1.29, 1.82) is 0 Å². The number of amides is 2. The third kappa shape index (κ3) is 3.60. The third-order valence-corrected chi connectivity index (χ3v) is 5.95. The summed E-state index contributed by atoms with van der Waals surface area (Å²) in [4.78, 5) is 29.1. The van der Waals surface area contributed by atoms with Gasteiger partial charge in [-0.2, -0.15) is 0 Å². The Morgan fingerprint density at radius 2 is 1.93 bits per heavy atom. The highest BCUT2D eigenvalue weighted by atomic mass is 19.1. The van der Waals surface area contributed by atoms with Crippen LogP contribution in [0.5, 0.6) is 11.5 Å². The second kappa shape index (κ2) is 8.34. The average Bonchev–Trinajstić information content (AvgIpc) is 3.40. The van der Waals surface area contributed by atoms with E-state index in [0.29, 0.717) is 18.0 Å². The van der Waals surface area contributed by atoms with E-state index in [0.717, 1.165) is 18.4 Å². The lowest BCUT2D eigenvalue weighted by molar-refractivity contribution is -0.136. The van der Waals surface area contributed by atoms with Crippen LogP contribution in [0.3, 0.4) is 0 Å². The quantitative estimate of drug-likeness (QED) is 0.754. The molecule has 2 heterocycles. The van der Waals surface area contributed by atoms with Gasteiger partial charge in [-0.1, -0.05) is 12.1 Å². The van der Waals surface area contributed by atoms with E-state index in [1.165, 1.54) is 11.0 Å². The predicted molar refractivity (Wildman–Crippen MR) is 110 cm³/mol. The van der Waals surface area contributed by atoms with Crippen molar-refractivity contribution in [2.24, 2.45) is 5.92 Å². The van der Waals surface area contributed by atoms with Crippen molar-refractivity contribution in [1.82, 2.24) is 4.90 Å². The maximum absolute atomic E-state index is 14.2. The number of carbonyl (C=O) groups is 2. The van der Waals surface area contributed by atoms with Crippen molar-refractivity contribution in [3.63, 3.8) is 0 Å². The standard InChI is InChI=1S/C23H25FN2O4/c1-29-16-9-10-17(21(13-16)30-2)19-8-5-11-25(19)23(28)15-12-22(27)26(14-15)20-7-4-3-6-18(20)24/h3-4,6-7,9-10,13,15,19H,5,8,11-12,14H2,1-2H3. The molecule has 0 bridgehead atoms. The lowest BCUT2D eigenvalue weighted by atomic mass is 10.0. The largest absolute Gasteiger partial charge is 0.497 e. The number of nitrogens with zero attached hydrogens (tertiary/aromatic N) is 2. The van der Waals surface area contributed by atoms with Crippen molar-refractivity contribution in [3.8, 4) is 11.5 Å². The summed E-state index contributed by atoms with van der Waals surface area (Å²) in [6.45, 7) is 0.824. The Labute approximate surface area is 175 Å². The fourth-order valence-corrected chi connectivity index (χ4v) is 4.46. The summed E-state index contributed by atoms with van der Waals surface area (Å²) in [7, 11) is 3.19. The number of carbonyl (C=O) groups excluding carboxylic acids is 2. The van der Waals surface area contributed by atoms with Gasteiger partial charge in [0.2, 0.25) is 11.8 Å². The molecule has 2 aromatic rings. The molecule has 0 spiro atoms. The van der Waals surface area contributed by atoms with Gasteiger partial charge in [0.25, 0.3) is 0 Å². The van der Waals surface area contributed by atoms with E-state index >= 15 is 0 Å². The second-order valence-corrected chi connectivity index (χ2v) is 7.65. The molecule has 2 aliphatic rings. The van der Waals surface area contributed by atoms with Gasteiger partial charge in [0, 0.05) is 31.1 Å². The van der Waals surface area contributed by atoms with E-state index in [1.807, 2.05) is 23.1 Å². The van der Waals surface area contributed by atoms with Gasteiger partial charge in [0.05, 0.1) is 31.9 Å². The number of methoxy groups -OCH3 is 2. The molecule has 158 valence electrons. The summed E-state index contributed by atoms with van der Waals surface area (Å²) in [6.07, 6.45) is 1.80. The first-order valence-electron chi connectivity index (χ1n) is 10.1. The van der Waals surface area contributed by atoms with Crippen LogP contribution in [-0.4, -0.2) is 44.0 Å². The first-order chi connectivity index (χ1) is 14.5. The summed E-state index contributed by atoms with van der Waals surface area (Å²) in [6, 6.07) is 11.7. The van der Waals surface area contributed by atoms with Crippen LogP contribution in [0.1, 0.15) is 30.9 Å². The van der Waals surface area contributed by atoms with Gasteiger partial charge in [-0.25, -0.2) is 4.39 Å². The zero-order valence-corrected chi connectivity index (χ0v) is 17.1. The summed E-state index contributed by atoms with van der Waals surface area (Å²) in [5.41, 5.74) is 1.16. The molecular formula is C23H25FN2O4. The monoisotopic (exact) mass is 412 g/mol. The van der Waals surface area contributed by atoms with Gasteiger partial charge in [-0.05, 0) is 37.1 Å². The number of halogens is 1. The summed E-state index contributed by atoms with van der Waals surface area (Å²) < 4.78 is 25.0. The van der Waals surface area contributed by atoms with Crippen LogP contribution in [-0.2, 0) is 9.59 Å². The normalized spacial score (nSPS) is 21.2. The second-order valence-electron chi connectivity index (χ2n) is 7.65. The Morgan fingerprint density at radius 3 is 2.67 bits per heavy atom. The average molecular weight is 412 g/mol. The van der Waals surface area contributed by atoms with Crippen LogP contribution in [0.4, 0.5) is 10.1 Å². The van der Waals surface area contributed by atoms with Crippen molar-refractivity contribution in [2.75, 3.05) is 32.2 Å². The summed E-state index contributed by atoms with van der Waals surface area (Å²) in [5, 5.41) is 0. The van der Waals surface area contributed by atoms with Crippen LogP contribution in [0.2, 0.25) is 0 Å². The Bertz CT molecular complexity index is 964. The van der Waals surface area contributed by atoms with E-state index in [-0.39, 0.29) is 36.5 Å². The number of para-hydroxylation sites is 1. The zero-order valence-electron chi connectivity index (χ0n) is 17.1. The van der Waals surface area contributed by atoms with Crippen molar-refractivity contribution < 1.29 is 23.5 Å². The fourth-order valence-electron chi connectivity index (χ4n) is 4.46. The fraction of sp³-hybridized carbons (Fsp3) is 0.391. The number of hydrogen-bond donors (Lipinski definition) is 0. The summed E-state index contributed by atoms with van der Waals surface area (Å²) in [5.74, 6) is 0.129. The van der Waals surface area contributed by atoms with Crippen LogP contribution in [0.25, 0.3) is 0 Å². The molecular weight excluding hydrogens is 387 g/mol. The summed E-state index contributed by atoms with van der Waals surface area (Å²) >= 11 is 0. The van der Waals surface area contributed by atoms with Gasteiger partial charge in [0.15, 0.2) is 0 Å². The molecule has 7 heteroatoms. The third-order valence-electron chi connectivity index (χ3n) is 5.95. The van der Waals surface area contributed by atoms with Gasteiger partial charge in [-0.15, -0.1) is 0 Å². The van der Waals surface area contributed by atoms with Crippen LogP contribution in [0, 0.1) is 11.7 Å². The molecule has 2 atom stereocenters. The SMILES string of the molecule is COc1ccc(C2CCCN2C(=O)C2CC(=O)N(c3ccccc3F)C2)c(OC)c1. The molecule has 0 aliphatic carbocycles. The Morgan fingerprint density at radius 1 is 1.13 bits per heavy atom.